The number of hydrogen-bond acceptors (Lipinski definition) is 4. The normalized spacial score (nSPS) is 12.3. The highest BCUT2D eigenvalue weighted by molar-refractivity contribution is 5.90. The van der Waals surface area contributed by atoms with Gasteiger partial charge in [-0.05, 0) is 48.2 Å². The van der Waals surface area contributed by atoms with E-state index < -0.39 is 46.4 Å². The van der Waals surface area contributed by atoms with Crippen molar-refractivity contribution in [1.82, 2.24) is 0 Å². The molecule has 0 heterocycles. The third kappa shape index (κ3) is 7.05. The van der Waals surface area contributed by atoms with Crippen LogP contribution in [0.5, 0.6) is 0 Å². The molecule has 0 saturated heterocycles. The number of benzene rings is 2. The average Bonchev–Trinajstić information content (AvgIpc) is 2.83. The summed E-state index contributed by atoms with van der Waals surface area (Å²) in [4.78, 5) is 24.5. The third-order valence-electron chi connectivity index (χ3n) is 5.90. The van der Waals surface area contributed by atoms with Gasteiger partial charge in [-0.2, -0.15) is 26.3 Å². The van der Waals surface area contributed by atoms with Crippen LogP contribution >= 0.6 is 0 Å². The zero-order valence-electron chi connectivity index (χ0n) is 20.7. The van der Waals surface area contributed by atoms with E-state index in [2.05, 4.69) is 0 Å². The van der Waals surface area contributed by atoms with Crippen LogP contribution in [0.25, 0.3) is 0 Å². The highest BCUT2D eigenvalue weighted by atomic mass is 19.4. The molecule has 2 aromatic carbocycles. The molecule has 0 atom stereocenters. The Morgan fingerprint density at radius 3 is 1.59 bits per heavy atom. The van der Waals surface area contributed by atoms with Gasteiger partial charge in [0.15, 0.2) is 0 Å². The van der Waals surface area contributed by atoms with Gasteiger partial charge in [-0.1, -0.05) is 63.8 Å². The van der Waals surface area contributed by atoms with E-state index in [0.717, 1.165) is 49.9 Å². The molecule has 10 heteroatoms. The van der Waals surface area contributed by atoms with Crippen molar-refractivity contribution in [1.29, 1.82) is 0 Å². The van der Waals surface area contributed by atoms with Crippen LogP contribution in [0.2, 0.25) is 0 Å². The molecule has 204 valence electrons. The molecule has 0 aliphatic rings. The quantitative estimate of drug-likeness (QED) is 0.159. The minimum atomic E-state index is -5.84. The third-order valence-corrected chi connectivity index (χ3v) is 5.90. The van der Waals surface area contributed by atoms with Crippen molar-refractivity contribution >= 4 is 11.9 Å². The van der Waals surface area contributed by atoms with E-state index in [1.54, 1.807) is 0 Å². The van der Waals surface area contributed by atoms with Crippen LogP contribution in [-0.2, 0) is 14.9 Å². The number of rotatable bonds is 12. The lowest BCUT2D eigenvalue weighted by Crippen LogP contribution is -2.54. The molecule has 4 nitrogen and oxygen atoms in total. The maximum Gasteiger partial charge on any atom is 0.411 e. The van der Waals surface area contributed by atoms with Crippen LogP contribution in [0.3, 0.4) is 0 Å². The van der Waals surface area contributed by atoms with Crippen molar-refractivity contribution in [2.45, 2.75) is 70.1 Å². The maximum atomic E-state index is 14.4. The Bertz CT molecular complexity index is 1010. The second-order valence-corrected chi connectivity index (χ2v) is 8.59. The Hall–Kier alpha value is -3.04. The standard InChI is InChI=1S/C27H30F6O4/c1-3-5-7-16-36-23(34)19-12-14-21(15-13-19)25(26(28,29)30,27(31,32)33)22-11-9-10-20(18-22)24(35)37-17-8-6-4-2/h9-15,18H,3-8,16-17H2,1-2H3. The summed E-state index contributed by atoms with van der Waals surface area (Å²) in [5, 5.41) is 0. The molecular formula is C27H30F6O4. The van der Waals surface area contributed by atoms with E-state index in [0.29, 0.717) is 37.1 Å². The second-order valence-electron chi connectivity index (χ2n) is 8.59. The Kier molecular flexibility index (Phi) is 10.6. The molecule has 37 heavy (non-hydrogen) atoms. The lowest BCUT2D eigenvalue weighted by molar-refractivity contribution is -0.288. The first-order valence-electron chi connectivity index (χ1n) is 12.1. The molecule has 2 aromatic rings. The number of esters is 2. The van der Waals surface area contributed by atoms with Crippen LogP contribution in [0.1, 0.15) is 84.2 Å². The Morgan fingerprint density at radius 2 is 1.14 bits per heavy atom. The van der Waals surface area contributed by atoms with Crippen LogP contribution in [0, 0.1) is 0 Å². The van der Waals surface area contributed by atoms with E-state index >= 15 is 0 Å². The summed E-state index contributed by atoms with van der Waals surface area (Å²) in [7, 11) is 0. The fraction of sp³-hybridized carbons (Fsp3) is 0.481. The number of hydrogen-bond donors (Lipinski definition) is 0. The van der Waals surface area contributed by atoms with E-state index in [-0.39, 0.29) is 18.8 Å². The van der Waals surface area contributed by atoms with Gasteiger partial charge in [-0.25, -0.2) is 9.59 Å². The lowest BCUT2D eigenvalue weighted by Gasteiger charge is -2.38. The SMILES string of the molecule is CCCCCOC(=O)c1ccc(C(c2cccc(C(=O)OCCCCC)c2)(C(F)(F)F)C(F)(F)F)cc1. The smallest absolute Gasteiger partial charge is 0.411 e. The Morgan fingerprint density at radius 1 is 0.649 bits per heavy atom. The predicted molar refractivity (Wildman–Crippen MR) is 125 cm³/mol. The summed E-state index contributed by atoms with van der Waals surface area (Å²) in [5.74, 6) is -1.86. The summed E-state index contributed by atoms with van der Waals surface area (Å²) < 4.78 is 96.6. The molecule has 0 unspecified atom stereocenters. The van der Waals surface area contributed by atoms with Gasteiger partial charge in [-0.3, -0.25) is 0 Å². The minimum Gasteiger partial charge on any atom is -0.462 e. The minimum absolute atomic E-state index is 0.00338. The molecule has 0 saturated carbocycles. The van der Waals surface area contributed by atoms with Crippen molar-refractivity contribution in [3.05, 3.63) is 70.8 Å². The maximum absolute atomic E-state index is 14.4. The first kappa shape index (κ1) is 30.2. The highest BCUT2D eigenvalue weighted by Gasteiger charge is 2.72. The summed E-state index contributed by atoms with van der Waals surface area (Å²) in [6.45, 7) is 3.95. The van der Waals surface area contributed by atoms with Crippen LogP contribution < -0.4 is 0 Å². The van der Waals surface area contributed by atoms with Gasteiger partial charge >= 0.3 is 24.3 Å². The van der Waals surface area contributed by atoms with E-state index in [4.69, 9.17) is 9.47 Å². The van der Waals surface area contributed by atoms with Crippen molar-refractivity contribution < 1.29 is 45.4 Å². The van der Waals surface area contributed by atoms with E-state index in [1.165, 1.54) is 0 Å². The average molecular weight is 533 g/mol. The summed E-state index contributed by atoms with van der Waals surface area (Å²) in [6.07, 6.45) is -7.30. The molecule has 0 radical (unpaired) electrons. The number of carbonyl (C=O) groups excluding carboxylic acids is 2. The molecule has 0 aromatic heterocycles. The van der Waals surface area contributed by atoms with Gasteiger partial charge in [0.2, 0.25) is 5.41 Å². The number of carbonyl (C=O) groups is 2. The summed E-state index contributed by atoms with van der Waals surface area (Å²) >= 11 is 0. The number of unbranched alkanes of at least 4 members (excludes halogenated alkanes) is 4. The van der Waals surface area contributed by atoms with Crippen LogP contribution in [0.4, 0.5) is 26.3 Å². The largest absolute Gasteiger partial charge is 0.462 e. The molecule has 0 aliphatic heterocycles. The molecule has 0 amide bonds. The topological polar surface area (TPSA) is 52.6 Å². The first-order valence-corrected chi connectivity index (χ1v) is 12.1. The van der Waals surface area contributed by atoms with Crippen LogP contribution in [0.15, 0.2) is 48.5 Å². The van der Waals surface area contributed by atoms with Gasteiger partial charge in [-0.15, -0.1) is 0 Å². The highest BCUT2D eigenvalue weighted by Crippen LogP contribution is 2.56. The van der Waals surface area contributed by atoms with Crippen LogP contribution in [-0.4, -0.2) is 37.5 Å². The van der Waals surface area contributed by atoms with Crippen molar-refractivity contribution in [3.8, 4) is 0 Å². The Labute approximate surface area is 212 Å². The van der Waals surface area contributed by atoms with Gasteiger partial charge in [0.25, 0.3) is 0 Å². The number of ether oxygens (including phenoxy) is 2. The molecule has 2 rings (SSSR count). The molecule has 0 fully saturated rings. The fourth-order valence-electron chi connectivity index (χ4n) is 3.92. The van der Waals surface area contributed by atoms with Crippen molar-refractivity contribution in [3.63, 3.8) is 0 Å². The molecule has 0 aliphatic carbocycles. The van der Waals surface area contributed by atoms with E-state index in [1.807, 2.05) is 13.8 Å². The van der Waals surface area contributed by atoms with Gasteiger partial charge in [0, 0.05) is 0 Å². The first-order chi connectivity index (χ1) is 17.4. The molecule has 0 spiro atoms. The predicted octanol–water partition coefficient (Wildman–Crippen LogP) is 7.79. The fourth-order valence-corrected chi connectivity index (χ4v) is 3.92. The zero-order valence-corrected chi connectivity index (χ0v) is 20.7. The second kappa shape index (κ2) is 13.0. The van der Waals surface area contributed by atoms with Gasteiger partial charge < -0.3 is 9.47 Å². The number of halogens is 6. The van der Waals surface area contributed by atoms with Gasteiger partial charge in [0.1, 0.15) is 0 Å². The summed E-state index contributed by atoms with van der Waals surface area (Å²) in [6, 6.07) is 6.24. The Balaban J connectivity index is 2.50. The van der Waals surface area contributed by atoms with Crippen molar-refractivity contribution in [2.75, 3.05) is 13.2 Å². The molecular weight excluding hydrogens is 502 g/mol. The van der Waals surface area contributed by atoms with Crippen molar-refractivity contribution in [2.24, 2.45) is 0 Å². The molecule has 0 N–H and O–H groups in total. The molecule has 0 bridgehead atoms. The summed E-state index contributed by atoms with van der Waals surface area (Å²) in [5.41, 5.74) is -7.40. The zero-order chi connectivity index (χ0) is 27.7. The monoisotopic (exact) mass is 532 g/mol. The van der Waals surface area contributed by atoms with E-state index in [9.17, 15) is 35.9 Å². The number of alkyl halides is 6. The van der Waals surface area contributed by atoms with Gasteiger partial charge in [0.05, 0.1) is 24.3 Å². The lowest BCUT2D eigenvalue weighted by atomic mass is 9.72.